The molecule has 1 N–H and O–H groups in total. The third-order valence-corrected chi connectivity index (χ3v) is 6.19. The molecule has 0 radical (unpaired) electrons. The molecule has 134 valence electrons. The van der Waals surface area contributed by atoms with Crippen molar-refractivity contribution in [3.05, 3.63) is 30.3 Å². The molecule has 0 aliphatic carbocycles. The second kappa shape index (κ2) is 7.32. The summed E-state index contributed by atoms with van der Waals surface area (Å²) in [6.07, 6.45) is 1.11. The quantitative estimate of drug-likeness (QED) is 0.827. The average molecular weight is 364 g/mol. The highest BCUT2D eigenvalue weighted by Crippen LogP contribution is 2.17. The summed E-state index contributed by atoms with van der Waals surface area (Å²) in [5, 5.41) is 3.83. The number of carbonyl (C=O) groups is 2. The van der Waals surface area contributed by atoms with Crippen LogP contribution in [0.15, 0.2) is 40.3 Å². The van der Waals surface area contributed by atoms with Crippen LogP contribution in [0.5, 0.6) is 0 Å². The Balaban J connectivity index is 1.68. The lowest BCUT2D eigenvalue weighted by atomic mass is 10.1. The molecule has 2 heterocycles. The zero-order chi connectivity index (χ0) is 17.9. The fraction of sp³-hybridized carbons (Fsp3) is 0.438. The molecule has 0 aromatic heterocycles. The third kappa shape index (κ3) is 3.88. The maximum Gasteiger partial charge on any atom is 0.270 e. The van der Waals surface area contributed by atoms with Gasteiger partial charge in [-0.05, 0) is 18.6 Å². The van der Waals surface area contributed by atoms with Gasteiger partial charge in [0.25, 0.3) is 5.91 Å². The molecule has 25 heavy (non-hydrogen) atoms. The lowest BCUT2D eigenvalue weighted by Gasteiger charge is -2.23. The summed E-state index contributed by atoms with van der Waals surface area (Å²) in [5.41, 5.74) is 2.64. The van der Waals surface area contributed by atoms with Crippen molar-refractivity contribution in [3.63, 3.8) is 0 Å². The number of rotatable bonds is 3. The van der Waals surface area contributed by atoms with Gasteiger partial charge in [-0.15, -0.1) is 0 Å². The molecule has 0 saturated carbocycles. The summed E-state index contributed by atoms with van der Waals surface area (Å²) < 4.78 is 26.8. The molecule has 1 fully saturated rings. The highest BCUT2D eigenvalue weighted by molar-refractivity contribution is 7.89. The number of sulfonamides is 1. The van der Waals surface area contributed by atoms with E-state index in [-0.39, 0.29) is 29.7 Å². The molecule has 2 aliphatic rings. The van der Waals surface area contributed by atoms with E-state index in [4.69, 9.17) is 0 Å². The summed E-state index contributed by atoms with van der Waals surface area (Å²) >= 11 is 0. The van der Waals surface area contributed by atoms with Crippen molar-refractivity contribution in [1.29, 1.82) is 0 Å². The molecular formula is C16H20N4O4S. The molecule has 0 spiro atoms. The van der Waals surface area contributed by atoms with Crippen molar-refractivity contribution < 1.29 is 18.0 Å². The number of hydrogen-bond acceptors (Lipinski definition) is 5. The number of hydrazone groups is 1. The Morgan fingerprint density at radius 2 is 1.80 bits per heavy atom. The monoisotopic (exact) mass is 364 g/mol. The van der Waals surface area contributed by atoms with E-state index in [0.717, 1.165) is 0 Å². The van der Waals surface area contributed by atoms with Gasteiger partial charge in [-0.2, -0.15) is 9.41 Å². The van der Waals surface area contributed by atoms with E-state index >= 15 is 0 Å². The molecule has 8 nitrogen and oxygen atoms in total. The first-order valence-corrected chi connectivity index (χ1v) is 9.62. The van der Waals surface area contributed by atoms with Gasteiger partial charge in [0.2, 0.25) is 15.9 Å². The normalized spacial score (nSPS) is 19.8. The van der Waals surface area contributed by atoms with Crippen LogP contribution in [0.1, 0.15) is 19.3 Å². The zero-order valence-electron chi connectivity index (χ0n) is 13.7. The van der Waals surface area contributed by atoms with Gasteiger partial charge >= 0.3 is 0 Å². The Bertz CT molecular complexity index is 792. The minimum atomic E-state index is -3.56. The molecule has 1 aromatic rings. The molecule has 3 rings (SSSR count). The Morgan fingerprint density at radius 1 is 1.04 bits per heavy atom. The number of benzene rings is 1. The third-order valence-electron chi connectivity index (χ3n) is 4.27. The SMILES string of the molecule is O=C1CCC(C(=O)N2CCCN(S(=O)(=O)c3ccccc3)CC2)=NN1. The standard InChI is InChI=1S/C16H20N4O4S/c21-15-8-7-14(17-18-15)16(22)19-9-4-10-20(12-11-19)25(23,24)13-5-2-1-3-6-13/h1-3,5-6H,4,7-12H2,(H,18,21). The largest absolute Gasteiger partial charge is 0.336 e. The molecule has 2 aliphatic heterocycles. The van der Waals surface area contributed by atoms with Crippen LogP contribution in [-0.4, -0.2) is 61.3 Å². The number of carbonyl (C=O) groups excluding carboxylic acids is 2. The fourth-order valence-electron chi connectivity index (χ4n) is 2.89. The highest BCUT2D eigenvalue weighted by atomic mass is 32.2. The van der Waals surface area contributed by atoms with E-state index in [1.54, 1.807) is 35.2 Å². The van der Waals surface area contributed by atoms with E-state index < -0.39 is 10.0 Å². The molecular weight excluding hydrogens is 344 g/mol. The number of nitrogens with zero attached hydrogens (tertiary/aromatic N) is 3. The van der Waals surface area contributed by atoms with Crippen LogP contribution in [-0.2, 0) is 19.6 Å². The summed E-state index contributed by atoms with van der Waals surface area (Å²) in [6, 6.07) is 8.29. The molecule has 2 amide bonds. The van der Waals surface area contributed by atoms with Crippen LogP contribution in [0.3, 0.4) is 0 Å². The van der Waals surface area contributed by atoms with Crippen molar-refractivity contribution in [2.24, 2.45) is 5.10 Å². The topological polar surface area (TPSA) is 99.2 Å². The molecule has 1 aromatic carbocycles. The zero-order valence-corrected chi connectivity index (χ0v) is 14.5. The van der Waals surface area contributed by atoms with E-state index in [1.807, 2.05) is 0 Å². The Labute approximate surface area is 146 Å². The first kappa shape index (κ1) is 17.6. The minimum Gasteiger partial charge on any atom is -0.336 e. The van der Waals surface area contributed by atoms with Crippen LogP contribution in [0.2, 0.25) is 0 Å². The maximum atomic E-state index is 12.7. The second-order valence-electron chi connectivity index (χ2n) is 5.96. The predicted molar refractivity (Wildman–Crippen MR) is 91.2 cm³/mol. The predicted octanol–water partition coefficient (Wildman–Crippen LogP) is 0.176. The maximum absolute atomic E-state index is 12.7. The summed E-state index contributed by atoms with van der Waals surface area (Å²) in [4.78, 5) is 25.5. The van der Waals surface area contributed by atoms with E-state index in [9.17, 15) is 18.0 Å². The average Bonchev–Trinajstić information content (AvgIpc) is 2.89. The van der Waals surface area contributed by atoms with Crippen molar-refractivity contribution >= 4 is 27.5 Å². The Kier molecular flexibility index (Phi) is 5.14. The molecule has 9 heteroatoms. The van der Waals surface area contributed by atoms with Gasteiger partial charge in [0, 0.05) is 39.0 Å². The van der Waals surface area contributed by atoms with Gasteiger partial charge in [-0.3, -0.25) is 9.59 Å². The molecule has 0 atom stereocenters. The molecule has 1 saturated heterocycles. The summed E-state index contributed by atoms with van der Waals surface area (Å²) in [6.45, 7) is 1.37. The van der Waals surface area contributed by atoms with Gasteiger partial charge in [-0.1, -0.05) is 18.2 Å². The lowest BCUT2D eigenvalue weighted by Crippen LogP contribution is -2.42. The van der Waals surface area contributed by atoms with E-state index in [0.29, 0.717) is 38.2 Å². The first-order chi connectivity index (χ1) is 12.0. The molecule has 0 bridgehead atoms. The van der Waals surface area contributed by atoms with Crippen LogP contribution in [0.4, 0.5) is 0 Å². The van der Waals surface area contributed by atoms with E-state index in [2.05, 4.69) is 10.5 Å². The fourth-order valence-corrected chi connectivity index (χ4v) is 4.38. The Morgan fingerprint density at radius 3 is 2.48 bits per heavy atom. The van der Waals surface area contributed by atoms with Crippen LogP contribution >= 0.6 is 0 Å². The van der Waals surface area contributed by atoms with Crippen molar-refractivity contribution in [2.75, 3.05) is 26.2 Å². The van der Waals surface area contributed by atoms with Gasteiger partial charge in [0.05, 0.1) is 4.90 Å². The Hall–Kier alpha value is -2.26. The first-order valence-electron chi connectivity index (χ1n) is 8.18. The number of hydrogen-bond donors (Lipinski definition) is 1. The number of nitrogens with one attached hydrogen (secondary N) is 1. The van der Waals surface area contributed by atoms with Gasteiger partial charge in [-0.25, -0.2) is 13.8 Å². The van der Waals surface area contributed by atoms with Crippen molar-refractivity contribution in [2.45, 2.75) is 24.2 Å². The van der Waals surface area contributed by atoms with Crippen molar-refractivity contribution in [1.82, 2.24) is 14.6 Å². The minimum absolute atomic E-state index is 0.201. The smallest absolute Gasteiger partial charge is 0.270 e. The lowest BCUT2D eigenvalue weighted by molar-refractivity contribution is -0.124. The van der Waals surface area contributed by atoms with Crippen LogP contribution in [0.25, 0.3) is 0 Å². The van der Waals surface area contributed by atoms with Gasteiger partial charge < -0.3 is 4.90 Å². The second-order valence-corrected chi connectivity index (χ2v) is 7.89. The molecule has 0 unspecified atom stereocenters. The number of amides is 2. The summed E-state index contributed by atoms with van der Waals surface area (Å²) in [5.74, 6) is -0.438. The highest BCUT2D eigenvalue weighted by Gasteiger charge is 2.30. The van der Waals surface area contributed by atoms with Gasteiger partial charge in [0.1, 0.15) is 5.71 Å². The summed E-state index contributed by atoms with van der Waals surface area (Å²) in [7, 11) is -3.56. The van der Waals surface area contributed by atoms with Crippen LogP contribution < -0.4 is 5.43 Å². The van der Waals surface area contributed by atoms with Crippen molar-refractivity contribution in [3.8, 4) is 0 Å². The van der Waals surface area contributed by atoms with Gasteiger partial charge in [0.15, 0.2) is 0 Å². The van der Waals surface area contributed by atoms with E-state index in [1.165, 1.54) is 4.31 Å². The van der Waals surface area contributed by atoms with Crippen LogP contribution in [0, 0.1) is 0 Å².